The SMILES string of the molecule is CC(NC(=O)CNC(=O)C1CCCCC1)c1ccccn1. The molecule has 0 aliphatic heterocycles. The highest BCUT2D eigenvalue weighted by Gasteiger charge is 2.21. The first-order valence-corrected chi connectivity index (χ1v) is 7.65. The lowest BCUT2D eigenvalue weighted by Gasteiger charge is -2.21. The summed E-state index contributed by atoms with van der Waals surface area (Å²) in [5.74, 6) is -0.0904. The molecule has 0 aromatic carbocycles. The van der Waals surface area contributed by atoms with Gasteiger partial charge in [-0.25, -0.2) is 0 Å². The van der Waals surface area contributed by atoms with Gasteiger partial charge in [0.15, 0.2) is 0 Å². The van der Waals surface area contributed by atoms with Crippen LogP contribution in [0.2, 0.25) is 0 Å². The minimum atomic E-state index is -0.183. The van der Waals surface area contributed by atoms with E-state index in [4.69, 9.17) is 0 Å². The molecule has 2 N–H and O–H groups in total. The second-order valence-corrected chi connectivity index (χ2v) is 5.60. The van der Waals surface area contributed by atoms with Gasteiger partial charge in [-0.15, -0.1) is 0 Å². The molecule has 0 saturated heterocycles. The standard InChI is InChI=1S/C16H23N3O2/c1-12(14-9-5-6-10-17-14)19-15(20)11-18-16(21)13-7-3-2-4-8-13/h5-6,9-10,12-13H,2-4,7-8,11H2,1H3,(H,18,21)(H,19,20). The van der Waals surface area contributed by atoms with Crippen molar-refractivity contribution in [1.29, 1.82) is 0 Å². The Morgan fingerprint density at radius 2 is 2.05 bits per heavy atom. The number of pyridine rings is 1. The number of nitrogens with one attached hydrogen (secondary N) is 2. The van der Waals surface area contributed by atoms with E-state index in [0.29, 0.717) is 0 Å². The van der Waals surface area contributed by atoms with Crippen LogP contribution >= 0.6 is 0 Å². The summed E-state index contributed by atoms with van der Waals surface area (Å²) in [7, 11) is 0. The number of hydrogen-bond donors (Lipinski definition) is 2. The van der Waals surface area contributed by atoms with E-state index in [9.17, 15) is 9.59 Å². The first kappa shape index (κ1) is 15.5. The summed E-state index contributed by atoms with van der Waals surface area (Å²) < 4.78 is 0. The van der Waals surface area contributed by atoms with Crippen molar-refractivity contribution in [2.24, 2.45) is 5.92 Å². The van der Waals surface area contributed by atoms with Crippen LogP contribution in [0.5, 0.6) is 0 Å². The van der Waals surface area contributed by atoms with Gasteiger partial charge >= 0.3 is 0 Å². The Morgan fingerprint density at radius 3 is 2.71 bits per heavy atom. The molecule has 1 fully saturated rings. The number of nitrogens with zero attached hydrogens (tertiary/aromatic N) is 1. The second kappa shape index (κ2) is 7.76. The topological polar surface area (TPSA) is 71.1 Å². The molecule has 114 valence electrons. The zero-order valence-electron chi connectivity index (χ0n) is 12.5. The zero-order valence-corrected chi connectivity index (χ0v) is 12.5. The van der Waals surface area contributed by atoms with Gasteiger partial charge in [0, 0.05) is 12.1 Å². The van der Waals surface area contributed by atoms with E-state index in [1.807, 2.05) is 25.1 Å². The van der Waals surface area contributed by atoms with Gasteiger partial charge in [0.05, 0.1) is 18.3 Å². The highest BCUT2D eigenvalue weighted by atomic mass is 16.2. The summed E-state index contributed by atoms with van der Waals surface area (Å²) in [6, 6.07) is 5.43. The number of carbonyl (C=O) groups is 2. The van der Waals surface area contributed by atoms with E-state index in [1.165, 1.54) is 6.42 Å². The Kier molecular flexibility index (Phi) is 5.72. The van der Waals surface area contributed by atoms with Crippen molar-refractivity contribution in [3.05, 3.63) is 30.1 Å². The maximum atomic E-state index is 12.0. The van der Waals surface area contributed by atoms with Crippen LogP contribution in [-0.2, 0) is 9.59 Å². The van der Waals surface area contributed by atoms with Crippen LogP contribution in [0.25, 0.3) is 0 Å². The summed E-state index contributed by atoms with van der Waals surface area (Å²) in [5, 5.41) is 5.58. The Morgan fingerprint density at radius 1 is 1.29 bits per heavy atom. The predicted octanol–water partition coefficient (Wildman–Crippen LogP) is 1.96. The fourth-order valence-electron chi connectivity index (χ4n) is 2.68. The van der Waals surface area contributed by atoms with Gasteiger partial charge in [-0.05, 0) is 31.9 Å². The number of hydrogen-bond acceptors (Lipinski definition) is 3. The van der Waals surface area contributed by atoms with E-state index in [-0.39, 0.29) is 30.3 Å². The van der Waals surface area contributed by atoms with Crippen molar-refractivity contribution in [3.8, 4) is 0 Å². The summed E-state index contributed by atoms with van der Waals surface area (Å²) in [6.45, 7) is 1.91. The molecule has 1 heterocycles. The summed E-state index contributed by atoms with van der Waals surface area (Å²) in [5.41, 5.74) is 0.810. The van der Waals surface area contributed by atoms with E-state index in [2.05, 4.69) is 15.6 Å². The number of rotatable bonds is 5. The molecule has 0 bridgehead atoms. The lowest BCUT2D eigenvalue weighted by atomic mass is 9.89. The largest absolute Gasteiger partial charge is 0.347 e. The fourth-order valence-corrected chi connectivity index (χ4v) is 2.68. The van der Waals surface area contributed by atoms with Crippen LogP contribution in [0.1, 0.15) is 50.8 Å². The van der Waals surface area contributed by atoms with Crippen LogP contribution in [-0.4, -0.2) is 23.3 Å². The molecule has 1 aliphatic carbocycles. The quantitative estimate of drug-likeness (QED) is 0.870. The number of amides is 2. The van der Waals surface area contributed by atoms with Crippen molar-refractivity contribution in [3.63, 3.8) is 0 Å². The summed E-state index contributed by atoms with van der Waals surface area (Å²) in [4.78, 5) is 28.0. The van der Waals surface area contributed by atoms with Crippen molar-refractivity contribution in [2.75, 3.05) is 6.54 Å². The first-order chi connectivity index (χ1) is 10.2. The van der Waals surface area contributed by atoms with Crippen LogP contribution in [0, 0.1) is 5.92 Å². The van der Waals surface area contributed by atoms with Crippen LogP contribution in [0.3, 0.4) is 0 Å². The van der Waals surface area contributed by atoms with Gasteiger partial charge in [0.2, 0.25) is 11.8 Å². The van der Waals surface area contributed by atoms with E-state index >= 15 is 0 Å². The molecule has 21 heavy (non-hydrogen) atoms. The average molecular weight is 289 g/mol. The molecule has 1 saturated carbocycles. The molecule has 1 aliphatic rings. The third-order valence-electron chi connectivity index (χ3n) is 3.91. The normalized spacial score (nSPS) is 17.0. The van der Waals surface area contributed by atoms with Crippen molar-refractivity contribution >= 4 is 11.8 Å². The predicted molar refractivity (Wildman–Crippen MR) is 80.4 cm³/mol. The minimum absolute atomic E-state index is 0.00957. The van der Waals surface area contributed by atoms with Crippen LogP contribution < -0.4 is 10.6 Å². The molecule has 0 radical (unpaired) electrons. The second-order valence-electron chi connectivity index (χ2n) is 5.60. The van der Waals surface area contributed by atoms with Crippen molar-refractivity contribution in [2.45, 2.75) is 45.1 Å². The lowest BCUT2D eigenvalue weighted by Crippen LogP contribution is -2.40. The fraction of sp³-hybridized carbons (Fsp3) is 0.562. The van der Waals surface area contributed by atoms with Crippen LogP contribution in [0.15, 0.2) is 24.4 Å². The highest BCUT2D eigenvalue weighted by molar-refractivity contribution is 5.85. The average Bonchev–Trinajstić information content (AvgIpc) is 2.54. The molecule has 5 heteroatoms. The highest BCUT2D eigenvalue weighted by Crippen LogP contribution is 2.23. The monoisotopic (exact) mass is 289 g/mol. The van der Waals surface area contributed by atoms with Gasteiger partial charge in [-0.3, -0.25) is 14.6 Å². The molecular formula is C16H23N3O2. The van der Waals surface area contributed by atoms with Gasteiger partial charge < -0.3 is 10.6 Å². The Hall–Kier alpha value is -1.91. The van der Waals surface area contributed by atoms with Gasteiger partial charge in [-0.2, -0.15) is 0 Å². The zero-order chi connectivity index (χ0) is 15.1. The molecule has 2 rings (SSSR count). The molecule has 1 unspecified atom stereocenters. The van der Waals surface area contributed by atoms with Gasteiger partial charge in [-0.1, -0.05) is 25.3 Å². The third kappa shape index (κ3) is 4.85. The lowest BCUT2D eigenvalue weighted by molar-refractivity contribution is -0.129. The van der Waals surface area contributed by atoms with Crippen LogP contribution in [0.4, 0.5) is 0 Å². The number of aromatic nitrogens is 1. The van der Waals surface area contributed by atoms with E-state index < -0.39 is 0 Å². The smallest absolute Gasteiger partial charge is 0.239 e. The molecule has 2 amide bonds. The van der Waals surface area contributed by atoms with Crippen molar-refractivity contribution in [1.82, 2.24) is 15.6 Å². The maximum absolute atomic E-state index is 12.0. The Bertz CT molecular complexity index is 470. The van der Waals surface area contributed by atoms with E-state index in [1.54, 1.807) is 6.20 Å². The van der Waals surface area contributed by atoms with Crippen molar-refractivity contribution < 1.29 is 9.59 Å². The van der Waals surface area contributed by atoms with Gasteiger partial charge in [0.1, 0.15) is 0 Å². The minimum Gasteiger partial charge on any atom is -0.347 e. The Balaban J connectivity index is 1.73. The first-order valence-electron chi connectivity index (χ1n) is 7.65. The summed E-state index contributed by atoms with van der Waals surface area (Å²) in [6.07, 6.45) is 7.02. The molecule has 5 nitrogen and oxygen atoms in total. The molecule has 1 aromatic rings. The number of carbonyl (C=O) groups excluding carboxylic acids is 2. The molecule has 0 spiro atoms. The third-order valence-corrected chi connectivity index (χ3v) is 3.91. The molecule has 1 aromatic heterocycles. The maximum Gasteiger partial charge on any atom is 0.239 e. The molecule has 1 atom stereocenters. The van der Waals surface area contributed by atoms with E-state index in [0.717, 1.165) is 31.4 Å². The molecular weight excluding hydrogens is 266 g/mol. The summed E-state index contributed by atoms with van der Waals surface area (Å²) >= 11 is 0. The Labute approximate surface area is 125 Å². The van der Waals surface area contributed by atoms with Gasteiger partial charge in [0.25, 0.3) is 0 Å².